The van der Waals surface area contributed by atoms with E-state index in [0.29, 0.717) is 6.54 Å². The van der Waals surface area contributed by atoms with Crippen LogP contribution >= 0.6 is 11.8 Å². The standard InChI is InChI=1S/C19H20F3NOS/c1-18(2,17(24)23-12-14-8-4-3-5-9-14)13-25-16-11-7-6-10-15(16)19(20,21)22/h3-11H,12-13H2,1-2H3,(H,23,24). The molecule has 0 saturated carbocycles. The first kappa shape index (κ1) is 19.4. The molecular weight excluding hydrogens is 347 g/mol. The van der Waals surface area contributed by atoms with Crippen LogP contribution in [0.25, 0.3) is 0 Å². The maximum Gasteiger partial charge on any atom is 0.417 e. The minimum atomic E-state index is -4.40. The van der Waals surface area contributed by atoms with Crippen molar-refractivity contribution in [2.24, 2.45) is 5.41 Å². The van der Waals surface area contributed by atoms with Gasteiger partial charge in [-0.15, -0.1) is 11.8 Å². The Kier molecular flexibility index (Phi) is 6.16. The molecule has 2 aromatic carbocycles. The van der Waals surface area contributed by atoms with E-state index in [1.807, 2.05) is 30.3 Å². The van der Waals surface area contributed by atoms with Crippen LogP contribution in [-0.4, -0.2) is 11.7 Å². The average Bonchev–Trinajstić information content (AvgIpc) is 2.58. The Hall–Kier alpha value is -1.95. The molecule has 0 heterocycles. The lowest BCUT2D eigenvalue weighted by molar-refractivity contribution is -0.139. The molecule has 2 nitrogen and oxygen atoms in total. The van der Waals surface area contributed by atoms with Crippen LogP contribution in [0.15, 0.2) is 59.5 Å². The molecule has 134 valence electrons. The largest absolute Gasteiger partial charge is 0.417 e. The van der Waals surface area contributed by atoms with Gasteiger partial charge in [0.05, 0.1) is 11.0 Å². The second kappa shape index (κ2) is 7.95. The minimum absolute atomic E-state index is 0.138. The first-order valence-corrected chi connectivity index (χ1v) is 8.80. The van der Waals surface area contributed by atoms with Gasteiger partial charge in [0.25, 0.3) is 0 Å². The Morgan fingerprint density at radius 3 is 2.24 bits per heavy atom. The number of carbonyl (C=O) groups excluding carboxylic acids is 1. The highest BCUT2D eigenvalue weighted by molar-refractivity contribution is 7.99. The van der Waals surface area contributed by atoms with Gasteiger partial charge >= 0.3 is 6.18 Å². The summed E-state index contributed by atoms with van der Waals surface area (Å²) in [5, 5.41) is 2.85. The molecular formula is C19H20F3NOS. The van der Waals surface area contributed by atoms with Crippen LogP contribution in [0.1, 0.15) is 25.0 Å². The van der Waals surface area contributed by atoms with Crippen LogP contribution in [0.3, 0.4) is 0 Å². The molecule has 0 fully saturated rings. The van der Waals surface area contributed by atoms with Crippen molar-refractivity contribution in [1.29, 1.82) is 0 Å². The van der Waals surface area contributed by atoms with Crippen molar-refractivity contribution in [3.8, 4) is 0 Å². The topological polar surface area (TPSA) is 29.1 Å². The number of nitrogens with one attached hydrogen (secondary N) is 1. The predicted molar refractivity (Wildman–Crippen MR) is 94.2 cm³/mol. The zero-order chi connectivity index (χ0) is 18.5. The van der Waals surface area contributed by atoms with Gasteiger partial charge < -0.3 is 5.32 Å². The summed E-state index contributed by atoms with van der Waals surface area (Å²) in [7, 11) is 0. The van der Waals surface area contributed by atoms with Crippen molar-refractivity contribution in [1.82, 2.24) is 5.32 Å². The highest BCUT2D eigenvalue weighted by Gasteiger charge is 2.34. The molecule has 0 spiro atoms. The van der Waals surface area contributed by atoms with Crippen molar-refractivity contribution in [3.63, 3.8) is 0 Å². The normalized spacial score (nSPS) is 12.0. The number of hydrogen-bond donors (Lipinski definition) is 1. The average molecular weight is 367 g/mol. The molecule has 0 atom stereocenters. The Morgan fingerprint density at radius 1 is 1.00 bits per heavy atom. The van der Waals surface area contributed by atoms with E-state index in [1.165, 1.54) is 12.1 Å². The van der Waals surface area contributed by atoms with E-state index in [4.69, 9.17) is 0 Å². The molecule has 0 unspecified atom stereocenters. The number of benzene rings is 2. The van der Waals surface area contributed by atoms with E-state index in [1.54, 1.807) is 19.9 Å². The first-order chi connectivity index (χ1) is 11.7. The monoisotopic (exact) mass is 367 g/mol. The third kappa shape index (κ3) is 5.53. The van der Waals surface area contributed by atoms with Gasteiger partial charge in [0.1, 0.15) is 0 Å². The van der Waals surface area contributed by atoms with E-state index >= 15 is 0 Å². The molecule has 1 amide bonds. The molecule has 0 aliphatic heterocycles. The van der Waals surface area contributed by atoms with E-state index in [9.17, 15) is 18.0 Å². The van der Waals surface area contributed by atoms with Crippen LogP contribution in [0.4, 0.5) is 13.2 Å². The molecule has 0 aromatic heterocycles. The number of carbonyl (C=O) groups is 1. The number of thioether (sulfide) groups is 1. The Labute approximate surface area is 149 Å². The third-order valence-corrected chi connectivity index (χ3v) is 5.22. The van der Waals surface area contributed by atoms with Gasteiger partial charge in [0.15, 0.2) is 0 Å². The van der Waals surface area contributed by atoms with Gasteiger partial charge in [-0.1, -0.05) is 56.3 Å². The van der Waals surface area contributed by atoms with E-state index in [0.717, 1.165) is 23.4 Å². The van der Waals surface area contributed by atoms with Crippen molar-refractivity contribution >= 4 is 17.7 Å². The van der Waals surface area contributed by atoms with Gasteiger partial charge in [-0.3, -0.25) is 4.79 Å². The van der Waals surface area contributed by atoms with Gasteiger partial charge in [0.2, 0.25) is 5.91 Å². The molecule has 25 heavy (non-hydrogen) atoms. The fourth-order valence-corrected chi connectivity index (χ4v) is 3.33. The molecule has 0 radical (unpaired) electrons. The summed E-state index contributed by atoms with van der Waals surface area (Å²) in [6.45, 7) is 3.86. The Balaban J connectivity index is 1.98. The van der Waals surface area contributed by atoms with Gasteiger partial charge in [-0.05, 0) is 17.7 Å². The van der Waals surface area contributed by atoms with Crippen LogP contribution in [0.2, 0.25) is 0 Å². The van der Waals surface area contributed by atoms with Crippen molar-refractivity contribution in [2.75, 3.05) is 5.75 Å². The fourth-order valence-electron chi connectivity index (χ4n) is 2.17. The molecule has 0 bridgehead atoms. The molecule has 1 N–H and O–H groups in total. The van der Waals surface area contributed by atoms with Crippen molar-refractivity contribution < 1.29 is 18.0 Å². The predicted octanol–water partition coefficient (Wildman–Crippen LogP) is 5.14. The summed E-state index contributed by atoms with van der Waals surface area (Å²) in [5.74, 6) is 0.0640. The molecule has 2 aromatic rings. The minimum Gasteiger partial charge on any atom is -0.352 e. The first-order valence-electron chi connectivity index (χ1n) is 7.81. The molecule has 0 saturated heterocycles. The van der Waals surface area contributed by atoms with Crippen LogP contribution in [0, 0.1) is 5.41 Å². The van der Waals surface area contributed by atoms with Gasteiger partial charge in [-0.2, -0.15) is 13.2 Å². The molecule has 6 heteroatoms. The Morgan fingerprint density at radius 2 is 1.60 bits per heavy atom. The summed E-state index contributed by atoms with van der Waals surface area (Å²) in [6.07, 6.45) is -4.40. The molecule has 0 aliphatic rings. The fraction of sp³-hybridized carbons (Fsp3) is 0.316. The lowest BCUT2D eigenvalue weighted by atomic mass is 9.95. The van der Waals surface area contributed by atoms with E-state index in [2.05, 4.69) is 5.32 Å². The highest BCUT2D eigenvalue weighted by atomic mass is 32.2. The zero-order valence-corrected chi connectivity index (χ0v) is 14.9. The summed E-state index contributed by atoms with van der Waals surface area (Å²) >= 11 is 1.05. The van der Waals surface area contributed by atoms with E-state index < -0.39 is 17.2 Å². The lowest BCUT2D eigenvalue weighted by Crippen LogP contribution is -2.38. The number of rotatable bonds is 6. The van der Waals surface area contributed by atoms with Crippen LogP contribution < -0.4 is 5.32 Å². The van der Waals surface area contributed by atoms with Gasteiger partial charge in [0, 0.05) is 17.2 Å². The van der Waals surface area contributed by atoms with Crippen molar-refractivity contribution in [3.05, 3.63) is 65.7 Å². The van der Waals surface area contributed by atoms with Crippen LogP contribution in [-0.2, 0) is 17.5 Å². The zero-order valence-electron chi connectivity index (χ0n) is 14.1. The third-order valence-electron chi connectivity index (χ3n) is 3.69. The second-order valence-electron chi connectivity index (χ2n) is 6.33. The number of hydrogen-bond acceptors (Lipinski definition) is 2. The number of halogens is 3. The van der Waals surface area contributed by atoms with Crippen LogP contribution in [0.5, 0.6) is 0 Å². The molecule has 2 rings (SSSR count). The summed E-state index contributed by atoms with van der Waals surface area (Å²) in [6, 6.07) is 14.9. The number of amides is 1. The second-order valence-corrected chi connectivity index (χ2v) is 7.35. The SMILES string of the molecule is CC(C)(CSc1ccccc1C(F)(F)F)C(=O)NCc1ccccc1. The quantitative estimate of drug-likeness (QED) is 0.716. The maximum absolute atomic E-state index is 13.0. The summed E-state index contributed by atoms with van der Waals surface area (Å²) < 4.78 is 39.1. The van der Waals surface area contributed by atoms with Gasteiger partial charge in [-0.25, -0.2) is 0 Å². The summed E-state index contributed by atoms with van der Waals surface area (Å²) in [4.78, 5) is 12.5. The highest BCUT2D eigenvalue weighted by Crippen LogP contribution is 2.38. The van der Waals surface area contributed by atoms with Crippen molar-refractivity contribution in [2.45, 2.75) is 31.5 Å². The Bertz CT molecular complexity index is 714. The molecule has 0 aliphatic carbocycles. The maximum atomic E-state index is 13.0. The number of alkyl halides is 3. The summed E-state index contributed by atoms with van der Waals surface area (Å²) in [5.41, 5.74) is -0.486. The smallest absolute Gasteiger partial charge is 0.352 e. The van der Waals surface area contributed by atoms with E-state index in [-0.39, 0.29) is 16.6 Å². The lowest BCUT2D eigenvalue weighted by Gasteiger charge is -2.24.